The van der Waals surface area contributed by atoms with Crippen molar-refractivity contribution in [3.8, 4) is 6.07 Å². The highest BCUT2D eigenvalue weighted by Gasteiger charge is 2.32. The molecule has 4 rings (SSSR count). The van der Waals surface area contributed by atoms with Gasteiger partial charge >= 0.3 is 11.9 Å². The summed E-state index contributed by atoms with van der Waals surface area (Å²) < 4.78 is 39.4. The van der Waals surface area contributed by atoms with Gasteiger partial charge in [0, 0.05) is 29.2 Å². The summed E-state index contributed by atoms with van der Waals surface area (Å²) in [7, 11) is 0. The lowest BCUT2D eigenvalue weighted by Gasteiger charge is -2.28. The lowest BCUT2D eigenvalue weighted by Crippen LogP contribution is -2.35. The van der Waals surface area contributed by atoms with Crippen LogP contribution in [-0.2, 0) is 12.7 Å². The number of allylic oxidation sites excluding steroid dienone is 3. The molecule has 0 saturated carbocycles. The number of hydrogen-bond donors (Lipinski definition) is 1. The molecular formula is C20H17F3N6OS. The van der Waals surface area contributed by atoms with E-state index in [9.17, 15) is 18.0 Å². The fourth-order valence-electron chi connectivity index (χ4n) is 3.28. The minimum Gasteiger partial charge on any atom is -0.380 e. The summed E-state index contributed by atoms with van der Waals surface area (Å²) in [5.74, 6) is 0.288. The molecular weight excluding hydrogens is 429 g/mol. The van der Waals surface area contributed by atoms with Gasteiger partial charge in [0.05, 0.1) is 19.2 Å². The molecule has 2 aromatic heterocycles. The average molecular weight is 446 g/mol. The number of dihydropyridines is 1. The van der Waals surface area contributed by atoms with E-state index in [-0.39, 0.29) is 12.5 Å². The Balaban J connectivity index is 1.43. The van der Waals surface area contributed by atoms with Gasteiger partial charge in [-0.15, -0.1) is 11.3 Å². The molecule has 160 valence electrons. The summed E-state index contributed by atoms with van der Waals surface area (Å²) >= 11 is 0.599. The molecule has 0 amide bonds. The average Bonchev–Trinajstić information content (AvgIpc) is 3.25. The summed E-state index contributed by atoms with van der Waals surface area (Å²) in [5.41, 5.74) is 2.21. The van der Waals surface area contributed by atoms with E-state index in [0.29, 0.717) is 41.4 Å². The van der Waals surface area contributed by atoms with Crippen LogP contribution in [0.1, 0.15) is 16.2 Å². The third-order valence-electron chi connectivity index (χ3n) is 4.92. The van der Waals surface area contributed by atoms with Crippen LogP contribution in [0.5, 0.6) is 0 Å². The highest BCUT2D eigenvalue weighted by atomic mass is 32.1. The molecule has 0 fully saturated rings. The van der Waals surface area contributed by atoms with Crippen LogP contribution in [0.2, 0.25) is 0 Å². The Bertz CT molecular complexity index is 1180. The van der Waals surface area contributed by atoms with Crippen LogP contribution in [0.4, 0.5) is 19.1 Å². The van der Waals surface area contributed by atoms with Crippen molar-refractivity contribution in [2.75, 3.05) is 24.5 Å². The maximum Gasteiger partial charge on any atom is 0.425 e. The van der Waals surface area contributed by atoms with E-state index in [0.717, 1.165) is 23.8 Å². The number of rotatable bonds is 4. The largest absolute Gasteiger partial charge is 0.425 e. The molecule has 0 radical (unpaired) electrons. The van der Waals surface area contributed by atoms with Gasteiger partial charge in [-0.2, -0.15) is 23.4 Å². The van der Waals surface area contributed by atoms with Crippen molar-refractivity contribution in [1.82, 2.24) is 19.9 Å². The highest BCUT2D eigenvalue weighted by Crippen LogP contribution is 2.34. The van der Waals surface area contributed by atoms with Crippen molar-refractivity contribution in [3.05, 3.63) is 73.8 Å². The molecule has 0 spiro atoms. The summed E-state index contributed by atoms with van der Waals surface area (Å²) in [6, 6.07) is 4.48. The number of alkyl halides is 3. The van der Waals surface area contributed by atoms with Gasteiger partial charge in [0.25, 0.3) is 0 Å². The van der Waals surface area contributed by atoms with Crippen molar-refractivity contribution in [2.24, 2.45) is 0 Å². The summed E-state index contributed by atoms with van der Waals surface area (Å²) in [5, 5.41) is 12.1. The Kier molecular flexibility index (Phi) is 5.65. The molecule has 31 heavy (non-hydrogen) atoms. The molecule has 7 nitrogen and oxygen atoms in total. The van der Waals surface area contributed by atoms with Gasteiger partial charge in [-0.25, -0.2) is 9.78 Å². The second-order valence-electron chi connectivity index (χ2n) is 6.99. The molecule has 0 atom stereocenters. The Morgan fingerprint density at radius 3 is 2.71 bits per heavy atom. The third-order valence-corrected chi connectivity index (χ3v) is 6.04. The van der Waals surface area contributed by atoms with E-state index in [1.807, 2.05) is 17.1 Å². The van der Waals surface area contributed by atoms with Crippen molar-refractivity contribution in [2.45, 2.75) is 19.1 Å². The van der Waals surface area contributed by atoms with Crippen LogP contribution >= 0.6 is 11.3 Å². The molecule has 4 heterocycles. The van der Waals surface area contributed by atoms with Crippen molar-refractivity contribution < 1.29 is 13.2 Å². The standard InChI is InChI=1S/C20H17F3N6OS/c21-20(22,23)17-4-2-15(31-17)11-29-12-26-18(27-19(29)30)28-7-5-14(6-8-28)16-3-1-13(9-24)10-25-16/h1-5,12,25H,6-8,10-11H2. The normalized spacial score (nSPS) is 16.7. The van der Waals surface area contributed by atoms with E-state index < -0.39 is 16.7 Å². The molecule has 11 heteroatoms. The fourth-order valence-corrected chi connectivity index (χ4v) is 4.15. The number of anilines is 1. The van der Waals surface area contributed by atoms with Gasteiger partial charge in [-0.1, -0.05) is 6.08 Å². The van der Waals surface area contributed by atoms with E-state index in [4.69, 9.17) is 5.26 Å². The number of thiophene rings is 1. The number of nitriles is 1. The molecule has 1 N–H and O–H groups in total. The van der Waals surface area contributed by atoms with Crippen LogP contribution in [0, 0.1) is 11.3 Å². The molecule has 0 aromatic carbocycles. The zero-order chi connectivity index (χ0) is 22.0. The first-order valence-corrected chi connectivity index (χ1v) is 10.2. The smallest absolute Gasteiger partial charge is 0.380 e. The summed E-state index contributed by atoms with van der Waals surface area (Å²) in [4.78, 5) is 22.2. The quantitative estimate of drug-likeness (QED) is 0.777. The maximum atomic E-state index is 12.7. The van der Waals surface area contributed by atoms with Crippen molar-refractivity contribution >= 4 is 17.3 Å². The first kappa shape index (κ1) is 20.9. The first-order chi connectivity index (χ1) is 14.8. The number of aromatic nitrogens is 3. The molecule has 0 aliphatic carbocycles. The Morgan fingerprint density at radius 2 is 2.13 bits per heavy atom. The molecule has 2 aromatic rings. The third kappa shape index (κ3) is 4.69. The first-order valence-electron chi connectivity index (χ1n) is 9.42. The zero-order valence-electron chi connectivity index (χ0n) is 16.2. The van der Waals surface area contributed by atoms with Crippen LogP contribution in [0.3, 0.4) is 0 Å². The predicted molar refractivity (Wildman–Crippen MR) is 109 cm³/mol. The number of hydrogen-bond acceptors (Lipinski definition) is 7. The molecule has 0 bridgehead atoms. The van der Waals surface area contributed by atoms with E-state index in [1.165, 1.54) is 17.0 Å². The minimum atomic E-state index is -4.40. The van der Waals surface area contributed by atoms with Gasteiger partial charge < -0.3 is 10.2 Å². The lowest BCUT2D eigenvalue weighted by molar-refractivity contribution is -0.134. The molecule has 0 unspecified atom stereocenters. The van der Waals surface area contributed by atoms with Gasteiger partial charge in [0.15, 0.2) is 0 Å². The van der Waals surface area contributed by atoms with Gasteiger partial charge in [-0.05, 0) is 36.3 Å². The van der Waals surface area contributed by atoms with Gasteiger partial charge in [-0.3, -0.25) is 4.57 Å². The monoisotopic (exact) mass is 446 g/mol. The van der Waals surface area contributed by atoms with Crippen LogP contribution in [0.15, 0.2) is 58.3 Å². The molecule has 0 saturated heterocycles. The van der Waals surface area contributed by atoms with E-state index in [1.54, 1.807) is 6.08 Å². The van der Waals surface area contributed by atoms with Crippen molar-refractivity contribution in [1.29, 1.82) is 5.26 Å². The zero-order valence-corrected chi connectivity index (χ0v) is 17.0. The van der Waals surface area contributed by atoms with Crippen LogP contribution in [-0.4, -0.2) is 34.2 Å². The van der Waals surface area contributed by atoms with E-state index >= 15 is 0 Å². The lowest BCUT2D eigenvalue weighted by atomic mass is 10.0. The SMILES string of the molecule is N#CC1=CC=C(C2=CCN(c3ncn(Cc4ccc(C(F)(F)F)s4)c(=O)n3)CC2)NC1. The van der Waals surface area contributed by atoms with Crippen LogP contribution in [0.25, 0.3) is 0 Å². The Labute approximate surface area is 179 Å². The summed E-state index contributed by atoms with van der Waals surface area (Å²) in [6.45, 7) is 1.62. The summed E-state index contributed by atoms with van der Waals surface area (Å²) in [6.07, 6.45) is 3.34. The minimum absolute atomic E-state index is 0.0120. The molecule has 2 aliphatic heterocycles. The maximum absolute atomic E-state index is 12.7. The Hall–Kier alpha value is -3.39. The topological polar surface area (TPSA) is 86.8 Å². The number of nitrogens with zero attached hydrogens (tertiary/aromatic N) is 5. The fraction of sp³-hybridized carbons (Fsp3) is 0.300. The predicted octanol–water partition coefficient (Wildman–Crippen LogP) is 2.84. The number of halogens is 3. The molecule has 2 aliphatic rings. The van der Waals surface area contributed by atoms with E-state index in [2.05, 4.69) is 21.4 Å². The van der Waals surface area contributed by atoms with Gasteiger partial charge in [0.2, 0.25) is 5.95 Å². The number of nitrogens with one attached hydrogen (secondary N) is 1. The Morgan fingerprint density at radius 1 is 1.29 bits per heavy atom. The van der Waals surface area contributed by atoms with Crippen molar-refractivity contribution in [3.63, 3.8) is 0 Å². The second-order valence-corrected chi connectivity index (χ2v) is 8.16. The second kappa shape index (κ2) is 8.39. The van der Waals surface area contributed by atoms with Crippen LogP contribution < -0.4 is 15.9 Å². The highest BCUT2D eigenvalue weighted by molar-refractivity contribution is 7.12. The van der Waals surface area contributed by atoms with Gasteiger partial charge in [0.1, 0.15) is 11.2 Å².